The molecule has 0 atom stereocenters. The van der Waals surface area contributed by atoms with E-state index in [1.165, 1.54) is 12.1 Å². The Kier molecular flexibility index (Phi) is 6.40. The number of nitrogens with one attached hydrogen (secondary N) is 2. The molecule has 0 unspecified atom stereocenters. The van der Waals surface area contributed by atoms with Gasteiger partial charge < -0.3 is 10.6 Å². The van der Waals surface area contributed by atoms with Crippen molar-refractivity contribution in [2.24, 2.45) is 0 Å². The standard InChI is InChI=1S/C26H28FN5O2/c27-18-9-11-21(12-10-18)32-23-8-4-7-22(23)25(30-32)26(34)29-20-13-15-31(16-14-20)17-24(33)28-19-5-2-1-3-6-19/h1-3,5-6,9-12,20H,4,7-8,13-17H2,(H,28,33)(H,29,34). The summed E-state index contributed by atoms with van der Waals surface area (Å²) in [4.78, 5) is 27.5. The van der Waals surface area contributed by atoms with Crippen molar-refractivity contribution in [3.8, 4) is 5.69 Å². The Morgan fingerprint density at radius 3 is 2.47 bits per heavy atom. The van der Waals surface area contributed by atoms with Gasteiger partial charge in [0.25, 0.3) is 5.91 Å². The molecule has 2 aromatic carbocycles. The Bertz CT molecular complexity index is 1170. The smallest absolute Gasteiger partial charge is 0.272 e. The van der Waals surface area contributed by atoms with Crippen LogP contribution in [0.2, 0.25) is 0 Å². The number of likely N-dealkylation sites (tertiary alicyclic amines) is 1. The number of hydrogen-bond donors (Lipinski definition) is 2. The van der Waals surface area contributed by atoms with Gasteiger partial charge in [-0.25, -0.2) is 9.07 Å². The van der Waals surface area contributed by atoms with Crippen LogP contribution < -0.4 is 10.6 Å². The van der Waals surface area contributed by atoms with Crippen LogP contribution in [0, 0.1) is 5.82 Å². The van der Waals surface area contributed by atoms with Gasteiger partial charge in [-0.05, 0) is 68.5 Å². The zero-order valence-electron chi connectivity index (χ0n) is 19.0. The summed E-state index contributed by atoms with van der Waals surface area (Å²) < 4.78 is 15.1. The highest BCUT2D eigenvalue weighted by atomic mass is 19.1. The first-order valence-electron chi connectivity index (χ1n) is 11.8. The Balaban J connectivity index is 1.17. The summed E-state index contributed by atoms with van der Waals surface area (Å²) in [6, 6.07) is 15.7. The highest BCUT2D eigenvalue weighted by Crippen LogP contribution is 2.28. The fraction of sp³-hybridized carbons (Fsp3) is 0.346. The van der Waals surface area contributed by atoms with E-state index >= 15 is 0 Å². The number of nitrogens with zero attached hydrogens (tertiary/aromatic N) is 3. The molecule has 34 heavy (non-hydrogen) atoms. The molecule has 1 aliphatic heterocycles. The number of carbonyl (C=O) groups excluding carboxylic acids is 2. The minimum absolute atomic E-state index is 0.0319. The molecule has 3 aromatic rings. The molecule has 2 N–H and O–H groups in total. The monoisotopic (exact) mass is 461 g/mol. The first-order valence-corrected chi connectivity index (χ1v) is 11.8. The summed E-state index contributed by atoms with van der Waals surface area (Å²) in [5.41, 5.74) is 4.07. The van der Waals surface area contributed by atoms with Gasteiger partial charge in [-0.3, -0.25) is 14.5 Å². The Hall–Kier alpha value is -3.52. The van der Waals surface area contributed by atoms with E-state index < -0.39 is 0 Å². The van der Waals surface area contributed by atoms with Gasteiger partial charge in [-0.15, -0.1) is 0 Å². The highest BCUT2D eigenvalue weighted by Gasteiger charge is 2.29. The number of benzene rings is 2. The number of rotatable bonds is 6. The fourth-order valence-corrected chi connectivity index (χ4v) is 4.83. The number of aromatic nitrogens is 2. The maximum atomic E-state index is 13.3. The molecule has 1 saturated heterocycles. The molecule has 0 bridgehead atoms. The summed E-state index contributed by atoms with van der Waals surface area (Å²) in [6.45, 7) is 1.83. The summed E-state index contributed by atoms with van der Waals surface area (Å²) in [7, 11) is 0. The fourth-order valence-electron chi connectivity index (χ4n) is 4.83. The van der Waals surface area contributed by atoms with Crippen LogP contribution in [0.3, 0.4) is 0 Å². The number of piperidine rings is 1. The van der Waals surface area contributed by atoms with Gasteiger partial charge in [0.2, 0.25) is 5.91 Å². The number of para-hydroxylation sites is 1. The van der Waals surface area contributed by atoms with Gasteiger partial charge in [-0.2, -0.15) is 5.10 Å². The molecule has 0 radical (unpaired) electrons. The van der Waals surface area contributed by atoms with Crippen molar-refractivity contribution in [3.63, 3.8) is 0 Å². The molecule has 2 heterocycles. The molecule has 7 nitrogen and oxygen atoms in total. The normalized spacial score (nSPS) is 16.3. The van der Waals surface area contributed by atoms with E-state index in [0.717, 1.165) is 67.8 Å². The first kappa shape index (κ1) is 22.3. The van der Waals surface area contributed by atoms with Crippen LogP contribution in [0.4, 0.5) is 10.1 Å². The molecule has 176 valence electrons. The van der Waals surface area contributed by atoms with Crippen LogP contribution >= 0.6 is 0 Å². The van der Waals surface area contributed by atoms with E-state index in [9.17, 15) is 14.0 Å². The van der Waals surface area contributed by atoms with E-state index in [-0.39, 0.29) is 23.7 Å². The average Bonchev–Trinajstić information content (AvgIpc) is 3.45. The lowest BCUT2D eigenvalue weighted by molar-refractivity contribution is -0.117. The van der Waals surface area contributed by atoms with Crippen molar-refractivity contribution in [2.75, 3.05) is 25.0 Å². The molecule has 2 aliphatic rings. The topological polar surface area (TPSA) is 79.3 Å². The second-order valence-electron chi connectivity index (χ2n) is 8.95. The van der Waals surface area contributed by atoms with Gasteiger partial charge in [-0.1, -0.05) is 18.2 Å². The lowest BCUT2D eigenvalue weighted by atomic mass is 10.0. The van der Waals surface area contributed by atoms with Crippen molar-refractivity contribution in [2.45, 2.75) is 38.1 Å². The third kappa shape index (κ3) is 4.87. The predicted octanol–water partition coefficient (Wildman–Crippen LogP) is 3.33. The maximum absolute atomic E-state index is 13.3. The lowest BCUT2D eigenvalue weighted by Crippen LogP contribution is -2.46. The largest absolute Gasteiger partial charge is 0.348 e. The van der Waals surface area contributed by atoms with Crippen molar-refractivity contribution in [1.29, 1.82) is 0 Å². The zero-order chi connectivity index (χ0) is 23.5. The van der Waals surface area contributed by atoms with Crippen molar-refractivity contribution in [1.82, 2.24) is 20.0 Å². The molecular formula is C26H28FN5O2. The minimum Gasteiger partial charge on any atom is -0.348 e. The van der Waals surface area contributed by atoms with Gasteiger partial charge in [0, 0.05) is 36.1 Å². The van der Waals surface area contributed by atoms with Gasteiger partial charge >= 0.3 is 0 Å². The summed E-state index contributed by atoms with van der Waals surface area (Å²) in [5, 5.41) is 10.7. The third-order valence-electron chi connectivity index (χ3n) is 6.56. The average molecular weight is 462 g/mol. The molecular weight excluding hydrogens is 433 g/mol. The van der Waals surface area contributed by atoms with E-state index in [4.69, 9.17) is 0 Å². The highest BCUT2D eigenvalue weighted by molar-refractivity contribution is 5.94. The number of carbonyl (C=O) groups is 2. The van der Waals surface area contributed by atoms with Crippen molar-refractivity contribution < 1.29 is 14.0 Å². The Morgan fingerprint density at radius 1 is 1.00 bits per heavy atom. The van der Waals surface area contributed by atoms with Crippen molar-refractivity contribution >= 4 is 17.5 Å². The Morgan fingerprint density at radius 2 is 1.74 bits per heavy atom. The molecule has 1 aliphatic carbocycles. The zero-order valence-corrected chi connectivity index (χ0v) is 19.0. The molecule has 0 saturated carbocycles. The molecule has 5 rings (SSSR count). The molecule has 8 heteroatoms. The maximum Gasteiger partial charge on any atom is 0.272 e. The van der Waals surface area contributed by atoms with Crippen LogP contribution in [0.15, 0.2) is 54.6 Å². The van der Waals surface area contributed by atoms with Crippen molar-refractivity contribution in [3.05, 3.63) is 77.4 Å². The number of amides is 2. The van der Waals surface area contributed by atoms with E-state index in [1.807, 2.05) is 30.3 Å². The number of halogens is 1. The summed E-state index contributed by atoms with van der Waals surface area (Å²) >= 11 is 0. The minimum atomic E-state index is -0.297. The second-order valence-corrected chi connectivity index (χ2v) is 8.95. The molecule has 1 aromatic heterocycles. The molecule has 2 amide bonds. The van der Waals surface area contributed by atoms with Crippen LogP contribution in [-0.2, 0) is 17.6 Å². The molecule has 0 spiro atoms. The van der Waals surface area contributed by atoms with Gasteiger partial charge in [0.1, 0.15) is 5.82 Å². The first-order chi connectivity index (χ1) is 16.6. The second kappa shape index (κ2) is 9.77. The quantitative estimate of drug-likeness (QED) is 0.590. The van der Waals surface area contributed by atoms with E-state index in [2.05, 4.69) is 20.6 Å². The summed E-state index contributed by atoms with van der Waals surface area (Å²) in [6.07, 6.45) is 4.24. The van der Waals surface area contributed by atoms with E-state index in [1.54, 1.807) is 16.8 Å². The van der Waals surface area contributed by atoms with Gasteiger partial charge in [0.05, 0.1) is 12.2 Å². The van der Waals surface area contributed by atoms with Crippen LogP contribution in [0.1, 0.15) is 41.0 Å². The number of fused-ring (bicyclic) bond motifs is 1. The predicted molar refractivity (Wildman–Crippen MR) is 128 cm³/mol. The summed E-state index contributed by atoms with van der Waals surface area (Å²) in [5.74, 6) is -0.482. The number of anilines is 1. The van der Waals surface area contributed by atoms with E-state index in [0.29, 0.717) is 12.2 Å². The lowest BCUT2D eigenvalue weighted by Gasteiger charge is -2.31. The van der Waals surface area contributed by atoms with Gasteiger partial charge in [0.15, 0.2) is 5.69 Å². The number of hydrogen-bond acceptors (Lipinski definition) is 4. The van der Waals surface area contributed by atoms with Crippen LogP contribution in [-0.4, -0.2) is 52.2 Å². The molecule has 1 fully saturated rings. The van der Waals surface area contributed by atoms with Crippen LogP contribution in [0.5, 0.6) is 0 Å². The SMILES string of the molecule is O=C(CN1CCC(NC(=O)c2nn(-c3ccc(F)cc3)c3c2CCC3)CC1)Nc1ccccc1. The Labute approximate surface area is 198 Å². The van der Waals surface area contributed by atoms with Crippen LogP contribution in [0.25, 0.3) is 5.69 Å². The third-order valence-corrected chi connectivity index (χ3v) is 6.56.